The first-order valence-corrected chi connectivity index (χ1v) is 6.37. The molecule has 0 aromatic heterocycles. The number of hydrogen-bond acceptors (Lipinski definition) is 0. The molecule has 1 atom stereocenters. The Morgan fingerprint density at radius 2 is 1.57 bits per heavy atom. The van der Waals surface area contributed by atoms with Crippen LogP contribution in [0.15, 0.2) is 0 Å². The third-order valence-electron chi connectivity index (χ3n) is 3.10. The van der Waals surface area contributed by atoms with Crippen molar-refractivity contribution in [3.63, 3.8) is 0 Å². The Morgan fingerprint density at radius 3 is 1.93 bits per heavy atom. The molecule has 0 nitrogen and oxygen atoms in total. The molecule has 0 radical (unpaired) electrons. The minimum Gasteiger partial charge on any atom is -0.0654 e. The van der Waals surface area contributed by atoms with Crippen LogP contribution >= 0.6 is 0 Å². The lowest BCUT2D eigenvalue weighted by Gasteiger charge is -2.23. The quantitative estimate of drug-likeness (QED) is 0.545. The third kappa shape index (κ3) is 7.41. The summed E-state index contributed by atoms with van der Waals surface area (Å²) in [6.45, 7) is 14.1. The Labute approximate surface area is 91.5 Å². The second kappa shape index (κ2) is 6.48. The molecule has 0 aliphatic rings. The van der Waals surface area contributed by atoms with Crippen LogP contribution in [0.1, 0.15) is 73.6 Å². The standard InChI is InChI=1S/C14H30/c1-7-9-13(12(2)3)10-8-11-14(4,5)6/h12-13H,7-11H2,1-6H3. The molecule has 0 rings (SSSR count). The van der Waals surface area contributed by atoms with E-state index in [0.29, 0.717) is 5.41 Å². The second-order valence-electron chi connectivity index (χ2n) is 6.25. The van der Waals surface area contributed by atoms with E-state index in [4.69, 9.17) is 0 Å². The van der Waals surface area contributed by atoms with E-state index in [1.807, 2.05) is 0 Å². The molecule has 14 heavy (non-hydrogen) atoms. The molecular weight excluding hydrogens is 168 g/mol. The highest BCUT2D eigenvalue weighted by Gasteiger charge is 2.14. The summed E-state index contributed by atoms with van der Waals surface area (Å²) in [5, 5.41) is 0. The number of rotatable bonds is 6. The Balaban J connectivity index is 3.72. The summed E-state index contributed by atoms with van der Waals surface area (Å²) in [5.41, 5.74) is 0.522. The maximum Gasteiger partial charge on any atom is -0.0383 e. The Morgan fingerprint density at radius 1 is 1.00 bits per heavy atom. The predicted molar refractivity (Wildman–Crippen MR) is 66.5 cm³/mol. The van der Waals surface area contributed by atoms with E-state index in [2.05, 4.69) is 41.5 Å². The Kier molecular flexibility index (Phi) is 6.48. The van der Waals surface area contributed by atoms with Crippen molar-refractivity contribution in [1.82, 2.24) is 0 Å². The summed E-state index contributed by atoms with van der Waals surface area (Å²) in [4.78, 5) is 0. The minimum atomic E-state index is 0.522. The first-order chi connectivity index (χ1) is 6.37. The summed E-state index contributed by atoms with van der Waals surface area (Å²) in [6.07, 6.45) is 6.98. The van der Waals surface area contributed by atoms with Crippen molar-refractivity contribution in [3.8, 4) is 0 Å². The molecule has 0 spiro atoms. The highest BCUT2D eigenvalue weighted by Crippen LogP contribution is 2.27. The van der Waals surface area contributed by atoms with Crippen molar-refractivity contribution in [2.75, 3.05) is 0 Å². The van der Waals surface area contributed by atoms with Crippen LogP contribution < -0.4 is 0 Å². The highest BCUT2D eigenvalue weighted by molar-refractivity contribution is 4.66. The van der Waals surface area contributed by atoms with Crippen molar-refractivity contribution < 1.29 is 0 Å². The molecular formula is C14H30. The maximum atomic E-state index is 2.37. The molecule has 0 aromatic carbocycles. The van der Waals surface area contributed by atoms with Gasteiger partial charge in [0.1, 0.15) is 0 Å². The SMILES string of the molecule is CCCC(CCCC(C)(C)C)C(C)C. The van der Waals surface area contributed by atoms with Crippen molar-refractivity contribution in [1.29, 1.82) is 0 Å². The van der Waals surface area contributed by atoms with Gasteiger partial charge in [-0.3, -0.25) is 0 Å². The van der Waals surface area contributed by atoms with Gasteiger partial charge >= 0.3 is 0 Å². The fourth-order valence-corrected chi connectivity index (χ4v) is 2.08. The summed E-state index contributed by atoms with van der Waals surface area (Å²) in [6, 6.07) is 0. The molecule has 0 aliphatic heterocycles. The van der Waals surface area contributed by atoms with Crippen molar-refractivity contribution in [2.45, 2.75) is 73.6 Å². The van der Waals surface area contributed by atoms with Gasteiger partial charge in [0.25, 0.3) is 0 Å². The van der Waals surface area contributed by atoms with Gasteiger partial charge in [-0.25, -0.2) is 0 Å². The molecule has 0 heterocycles. The fraction of sp³-hybridized carbons (Fsp3) is 1.00. The van der Waals surface area contributed by atoms with Gasteiger partial charge in [-0.05, 0) is 23.7 Å². The molecule has 86 valence electrons. The van der Waals surface area contributed by atoms with Gasteiger partial charge in [0.2, 0.25) is 0 Å². The molecule has 1 unspecified atom stereocenters. The van der Waals surface area contributed by atoms with Crippen LogP contribution in [-0.2, 0) is 0 Å². The zero-order chi connectivity index (χ0) is 11.2. The number of hydrogen-bond donors (Lipinski definition) is 0. The van der Waals surface area contributed by atoms with Crippen LogP contribution in [0, 0.1) is 17.3 Å². The first-order valence-electron chi connectivity index (χ1n) is 6.37. The Hall–Kier alpha value is 0. The molecule has 0 N–H and O–H groups in total. The van der Waals surface area contributed by atoms with E-state index in [9.17, 15) is 0 Å². The average molecular weight is 198 g/mol. The molecule has 0 heteroatoms. The van der Waals surface area contributed by atoms with Gasteiger partial charge < -0.3 is 0 Å². The molecule has 0 bridgehead atoms. The van der Waals surface area contributed by atoms with Gasteiger partial charge in [-0.2, -0.15) is 0 Å². The summed E-state index contributed by atoms with van der Waals surface area (Å²) >= 11 is 0. The zero-order valence-corrected chi connectivity index (χ0v) is 11.2. The summed E-state index contributed by atoms with van der Waals surface area (Å²) < 4.78 is 0. The summed E-state index contributed by atoms with van der Waals surface area (Å²) in [7, 11) is 0. The highest BCUT2D eigenvalue weighted by atomic mass is 14.2. The van der Waals surface area contributed by atoms with Gasteiger partial charge in [0.15, 0.2) is 0 Å². The van der Waals surface area contributed by atoms with Crippen LogP contribution in [0.3, 0.4) is 0 Å². The van der Waals surface area contributed by atoms with Crippen molar-refractivity contribution in [3.05, 3.63) is 0 Å². The zero-order valence-electron chi connectivity index (χ0n) is 11.2. The van der Waals surface area contributed by atoms with Crippen LogP contribution in [-0.4, -0.2) is 0 Å². The van der Waals surface area contributed by atoms with Crippen LogP contribution in [0.2, 0.25) is 0 Å². The molecule has 0 aliphatic carbocycles. The lowest BCUT2D eigenvalue weighted by Crippen LogP contribution is -2.11. The topological polar surface area (TPSA) is 0 Å². The molecule has 0 saturated heterocycles. The van der Waals surface area contributed by atoms with E-state index in [0.717, 1.165) is 11.8 Å². The average Bonchev–Trinajstić information content (AvgIpc) is 2.00. The van der Waals surface area contributed by atoms with Crippen LogP contribution in [0.4, 0.5) is 0 Å². The van der Waals surface area contributed by atoms with Crippen molar-refractivity contribution in [2.24, 2.45) is 17.3 Å². The maximum absolute atomic E-state index is 2.37. The molecule has 0 fully saturated rings. The third-order valence-corrected chi connectivity index (χ3v) is 3.10. The predicted octanol–water partition coefficient (Wildman–Crippen LogP) is 5.28. The van der Waals surface area contributed by atoms with Crippen molar-refractivity contribution >= 4 is 0 Å². The molecule has 0 saturated carbocycles. The summed E-state index contributed by atoms with van der Waals surface area (Å²) in [5.74, 6) is 1.83. The molecule has 0 amide bonds. The van der Waals surface area contributed by atoms with Gasteiger partial charge in [0.05, 0.1) is 0 Å². The first kappa shape index (κ1) is 14.0. The normalized spacial score (nSPS) is 14.8. The van der Waals surface area contributed by atoms with E-state index >= 15 is 0 Å². The minimum absolute atomic E-state index is 0.522. The van der Waals surface area contributed by atoms with E-state index in [-0.39, 0.29) is 0 Å². The monoisotopic (exact) mass is 198 g/mol. The fourth-order valence-electron chi connectivity index (χ4n) is 2.08. The smallest absolute Gasteiger partial charge is 0.0383 e. The van der Waals surface area contributed by atoms with E-state index in [1.54, 1.807) is 0 Å². The molecule has 0 aromatic rings. The van der Waals surface area contributed by atoms with Gasteiger partial charge in [-0.15, -0.1) is 0 Å². The van der Waals surface area contributed by atoms with Gasteiger partial charge in [0, 0.05) is 0 Å². The van der Waals surface area contributed by atoms with Gasteiger partial charge in [-0.1, -0.05) is 67.2 Å². The lowest BCUT2D eigenvalue weighted by atomic mass is 9.83. The van der Waals surface area contributed by atoms with Crippen LogP contribution in [0.5, 0.6) is 0 Å². The second-order valence-corrected chi connectivity index (χ2v) is 6.25. The lowest BCUT2D eigenvalue weighted by molar-refractivity contribution is 0.288. The van der Waals surface area contributed by atoms with E-state index in [1.165, 1.54) is 32.1 Å². The van der Waals surface area contributed by atoms with Crippen LogP contribution in [0.25, 0.3) is 0 Å². The largest absolute Gasteiger partial charge is 0.0654 e. The van der Waals surface area contributed by atoms with E-state index < -0.39 is 0 Å². The Bertz CT molecular complexity index is 127.